The van der Waals surface area contributed by atoms with Crippen LogP contribution in [0.1, 0.15) is 25.7 Å². The average molecular weight is 152 g/mol. The molecule has 1 aliphatic carbocycles. The van der Waals surface area contributed by atoms with E-state index in [0.29, 0.717) is 0 Å². The van der Waals surface area contributed by atoms with E-state index in [1.54, 1.807) is 0 Å². The van der Waals surface area contributed by atoms with Crippen LogP contribution in [-0.4, -0.2) is 25.3 Å². The highest BCUT2D eigenvalue weighted by Crippen LogP contribution is 2.15. The normalized spacial score (nSPS) is 18.5. The smallest absolute Gasteiger partial charge is 0.0499 e. The Morgan fingerprint density at radius 3 is 2.82 bits per heavy atom. The molecule has 11 heavy (non-hydrogen) atoms. The van der Waals surface area contributed by atoms with Gasteiger partial charge in [0.05, 0.1) is 0 Å². The molecule has 2 heteroatoms. The van der Waals surface area contributed by atoms with Crippen molar-refractivity contribution in [2.75, 3.05) is 14.1 Å². The third kappa shape index (κ3) is 3.21. The van der Waals surface area contributed by atoms with Crippen molar-refractivity contribution in [1.82, 2.24) is 5.01 Å². The fourth-order valence-corrected chi connectivity index (χ4v) is 1.17. The maximum absolute atomic E-state index is 4.19. The lowest BCUT2D eigenvalue weighted by atomic mass is 10.0. The molecule has 0 radical (unpaired) electrons. The van der Waals surface area contributed by atoms with Gasteiger partial charge in [-0.3, -0.25) is 0 Å². The standard InChI is InChI=1S/C9H16N2/c1-11(2)10-8-9-6-4-3-5-7-9/h6,8H,3-5,7H2,1-2H3. The zero-order valence-electron chi connectivity index (χ0n) is 7.38. The second-order valence-corrected chi connectivity index (χ2v) is 3.12. The van der Waals surface area contributed by atoms with Gasteiger partial charge in [0, 0.05) is 20.3 Å². The van der Waals surface area contributed by atoms with Crippen LogP contribution in [0.15, 0.2) is 16.8 Å². The Morgan fingerprint density at radius 1 is 1.45 bits per heavy atom. The molecule has 0 saturated carbocycles. The molecule has 0 bridgehead atoms. The number of allylic oxidation sites excluding steroid dienone is 2. The molecule has 0 N–H and O–H groups in total. The number of rotatable bonds is 2. The van der Waals surface area contributed by atoms with Crippen molar-refractivity contribution < 1.29 is 0 Å². The van der Waals surface area contributed by atoms with Gasteiger partial charge < -0.3 is 5.01 Å². The minimum absolute atomic E-state index is 1.21. The summed E-state index contributed by atoms with van der Waals surface area (Å²) in [5, 5.41) is 6.02. The van der Waals surface area contributed by atoms with Crippen LogP contribution in [0.5, 0.6) is 0 Å². The second-order valence-electron chi connectivity index (χ2n) is 3.12. The first kappa shape index (κ1) is 8.31. The van der Waals surface area contributed by atoms with E-state index in [9.17, 15) is 0 Å². The van der Waals surface area contributed by atoms with Gasteiger partial charge in [0.15, 0.2) is 0 Å². The van der Waals surface area contributed by atoms with E-state index < -0.39 is 0 Å². The summed E-state index contributed by atoms with van der Waals surface area (Å²) in [7, 11) is 3.89. The fraction of sp³-hybridized carbons (Fsp3) is 0.667. The topological polar surface area (TPSA) is 15.6 Å². The zero-order valence-corrected chi connectivity index (χ0v) is 7.38. The van der Waals surface area contributed by atoms with Gasteiger partial charge in [-0.1, -0.05) is 6.08 Å². The van der Waals surface area contributed by atoms with Crippen molar-refractivity contribution in [3.8, 4) is 0 Å². The third-order valence-corrected chi connectivity index (χ3v) is 1.78. The van der Waals surface area contributed by atoms with Gasteiger partial charge in [-0.15, -0.1) is 0 Å². The second kappa shape index (κ2) is 4.16. The van der Waals surface area contributed by atoms with Crippen LogP contribution in [0, 0.1) is 0 Å². The fourth-order valence-electron chi connectivity index (χ4n) is 1.17. The Kier molecular flexibility index (Phi) is 3.14. The van der Waals surface area contributed by atoms with Gasteiger partial charge in [-0.05, 0) is 31.3 Å². The quantitative estimate of drug-likeness (QED) is 0.436. The van der Waals surface area contributed by atoms with Crippen molar-refractivity contribution in [3.63, 3.8) is 0 Å². The Balaban J connectivity index is 2.41. The molecular weight excluding hydrogens is 136 g/mol. The molecule has 0 aliphatic heterocycles. The van der Waals surface area contributed by atoms with Gasteiger partial charge in [-0.2, -0.15) is 5.10 Å². The van der Waals surface area contributed by atoms with Crippen molar-refractivity contribution in [2.24, 2.45) is 5.10 Å². The molecule has 0 saturated heterocycles. The number of hydrogen-bond acceptors (Lipinski definition) is 2. The van der Waals surface area contributed by atoms with E-state index in [4.69, 9.17) is 0 Å². The molecule has 1 rings (SSSR count). The molecular formula is C9H16N2. The maximum Gasteiger partial charge on any atom is 0.0499 e. The predicted octanol–water partition coefficient (Wildman–Crippen LogP) is 2.03. The monoisotopic (exact) mass is 152 g/mol. The summed E-state index contributed by atoms with van der Waals surface area (Å²) < 4.78 is 0. The molecule has 0 aromatic heterocycles. The Hall–Kier alpha value is -0.790. The van der Waals surface area contributed by atoms with Crippen LogP contribution in [0.4, 0.5) is 0 Å². The van der Waals surface area contributed by atoms with Crippen LogP contribution < -0.4 is 0 Å². The Labute approximate surface area is 68.6 Å². The highest BCUT2D eigenvalue weighted by atomic mass is 15.4. The number of hydrazone groups is 1. The molecule has 0 heterocycles. The molecule has 62 valence electrons. The van der Waals surface area contributed by atoms with E-state index in [2.05, 4.69) is 11.2 Å². The van der Waals surface area contributed by atoms with E-state index in [1.807, 2.05) is 25.3 Å². The molecule has 1 aliphatic rings. The molecule has 0 amide bonds. The SMILES string of the molecule is CN(C)N=CC1=CCCCC1. The Morgan fingerprint density at radius 2 is 2.27 bits per heavy atom. The number of nitrogens with zero attached hydrogens (tertiary/aromatic N) is 2. The molecule has 0 fully saturated rings. The minimum atomic E-state index is 1.21. The van der Waals surface area contributed by atoms with Crippen LogP contribution in [0.25, 0.3) is 0 Å². The lowest BCUT2D eigenvalue weighted by Gasteiger charge is -2.09. The van der Waals surface area contributed by atoms with Crippen LogP contribution in [0.2, 0.25) is 0 Å². The van der Waals surface area contributed by atoms with Crippen molar-refractivity contribution in [3.05, 3.63) is 11.6 Å². The Bertz CT molecular complexity index is 168. The van der Waals surface area contributed by atoms with Gasteiger partial charge in [0.1, 0.15) is 0 Å². The summed E-state index contributed by atoms with van der Waals surface area (Å²) in [6, 6.07) is 0. The minimum Gasteiger partial charge on any atom is -0.303 e. The highest BCUT2D eigenvalue weighted by Gasteiger charge is 1.99. The average Bonchev–Trinajstić information content (AvgIpc) is 2.03. The summed E-state index contributed by atoms with van der Waals surface area (Å²) in [5.41, 5.74) is 1.39. The summed E-state index contributed by atoms with van der Waals surface area (Å²) in [6.45, 7) is 0. The van der Waals surface area contributed by atoms with Gasteiger partial charge in [0.2, 0.25) is 0 Å². The first-order chi connectivity index (χ1) is 5.29. The maximum atomic E-state index is 4.19. The van der Waals surface area contributed by atoms with E-state index in [1.165, 1.54) is 31.3 Å². The van der Waals surface area contributed by atoms with Gasteiger partial charge in [-0.25, -0.2) is 0 Å². The van der Waals surface area contributed by atoms with E-state index in [0.717, 1.165) is 0 Å². The lowest BCUT2D eigenvalue weighted by molar-refractivity contribution is 0.440. The number of hydrogen-bond donors (Lipinski definition) is 0. The summed E-state index contributed by atoms with van der Waals surface area (Å²) in [5.74, 6) is 0. The van der Waals surface area contributed by atoms with Crippen molar-refractivity contribution >= 4 is 6.21 Å². The first-order valence-electron chi connectivity index (χ1n) is 4.19. The van der Waals surface area contributed by atoms with Gasteiger partial charge >= 0.3 is 0 Å². The molecule has 0 atom stereocenters. The molecule has 0 aromatic carbocycles. The highest BCUT2D eigenvalue weighted by molar-refractivity contribution is 5.78. The molecule has 2 nitrogen and oxygen atoms in total. The summed E-state index contributed by atoms with van der Waals surface area (Å²) in [4.78, 5) is 0. The van der Waals surface area contributed by atoms with Crippen LogP contribution >= 0.6 is 0 Å². The molecule has 0 aromatic rings. The van der Waals surface area contributed by atoms with E-state index >= 15 is 0 Å². The van der Waals surface area contributed by atoms with Crippen molar-refractivity contribution in [1.29, 1.82) is 0 Å². The predicted molar refractivity (Wildman–Crippen MR) is 48.7 cm³/mol. The van der Waals surface area contributed by atoms with E-state index in [-0.39, 0.29) is 0 Å². The van der Waals surface area contributed by atoms with Gasteiger partial charge in [0.25, 0.3) is 0 Å². The third-order valence-electron chi connectivity index (χ3n) is 1.78. The van der Waals surface area contributed by atoms with Crippen molar-refractivity contribution in [2.45, 2.75) is 25.7 Å². The lowest BCUT2D eigenvalue weighted by Crippen LogP contribution is -2.03. The zero-order chi connectivity index (χ0) is 8.10. The summed E-state index contributed by atoms with van der Waals surface area (Å²) >= 11 is 0. The molecule has 0 spiro atoms. The molecule has 0 unspecified atom stereocenters. The first-order valence-corrected chi connectivity index (χ1v) is 4.19. The van der Waals surface area contributed by atoms with Crippen LogP contribution in [0.3, 0.4) is 0 Å². The largest absolute Gasteiger partial charge is 0.303 e. The summed E-state index contributed by atoms with van der Waals surface area (Å²) in [6.07, 6.45) is 9.37. The van der Waals surface area contributed by atoms with Crippen LogP contribution in [-0.2, 0) is 0 Å².